The van der Waals surface area contributed by atoms with E-state index in [1.807, 2.05) is 6.92 Å². The fourth-order valence-corrected chi connectivity index (χ4v) is 4.86. The third-order valence-electron chi connectivity index (χ3n) is 6.78. The maximum Gasteiger partial charge on any atom is 0.267 e. The molecule has 3 aromatic heterocycles. The molecule has 9 heteroatoms. The Labute approximate surface area is 181 Å². The summed E-state index contributed by atoms with van der Waals surface area (Å²) in [7, 11) is 0. The Morgan fingerprint density at radius 2 is 2.06 bits per heavy atom. The number of rotatable bonds is 6. The number of aromatic nitrogens is 6. The second-order valence-electron chi connectivity index (χ2n) is 8.74. The molecule has 0 bridgehead atoms. The van der Waals surface area contributed by atoms with Gasteiger partial charge in [-0.3, -0.25) is 9.69 Å². The molecular weight excluding hydrogens is 392 g/mol. The summed E-state index contributed by atoms with van der Waals surface area (Å²) in [5.74, 6) is 1.58. The highest BCUT2D eigenvalue weighted by Gasteiger charge is 2.23. The highest BCUT2D eigenvalue weighted by Crippen LogP contribution is 2.21. The third-order valence-corrected chi connectivity index (χ3v) is 6.78. The van der Waals surface area contributed by atoms with Gasteiger partial charge in [-0.05, 0) is 58.1 Å². The average molecular weight is 423 g/mol. The van der Waals surface area contributed by atoms with Crippen LogP contribution in [0.15, 0.2) is 17.2 Å². The van der Waals surface area contributed by atoms with E-state index in [4.69, 9.17) is 0 Å². The van der Waals surface area contributed by atoms with Gasteiger partial charge in [-0.2, -0.15) is 19.7 Å². The Bertz CT molecular complexity index is 1150. The minimum atomic E-state index is 0.0313. The van der Waals surface area contributed by atoms with Crippen LogP contribution in [0.5, 0.6) is 0 Å². The number of likely N-dealkylation sites (tertiary alicyclic amines) is 1. The van der Waals surface area contributed by atoms with Gasteiger partial charge in [0, 0.05) is 36.5 Å². The minimum Gasteiger partial charge on any atom is -0.368 e. The van der Waals surface area contributed by atoms with Crippen molar-refractivity contribution in [2.75, 3.05) is 25.0 Å². The molecule has 1 saturated heterocycles. The third kappa shape index (κ3) is 3.94. The van der Waals surface area contributed by atoms with Crippen molar-refractivity contribution >= 4 is 11.6 Å². The lowest BCUT2D eigenvalue weighted by Gasteiger charge is -2.36. The Balaban J connectivity index is 1.28. The number of piperidine rings is 1. The predicted octanol–water partition coefficient (Wildman–Crippen LogP) is 1.75. The maximum atomic E-state index is 12.5. The summed E-state index contributed by atoms with van der Waals surface area (Å²) < 4.78 is 3.45. The summed E-state index contributed by atoms with van der Waals surface area (Å²) in [4.78, 5) is 23.7. The number of hydrogen-bond donors (Lipinski definition) is 1. The van der Waals surface area contributed by atoms with Crippen molar-refractivity contribution < 1.29 is 0 Å². The number of aryl methyl sites for hydroxylation is 3. The van der Waals surface area contributed by atoms with Crippen LogP contribution in [0.2, 0.25) is 0 Å². The summed E-state index contributed by atoms with van der Waals surface area (Å²) >= 11 is 0. The topological polar surface area (TPSA) is 93.2 Å². The van der Waals surface area contributed by atoms with E-state index in [9.17, 15) is 4.79 Å². The SMILES string of the molecule is Cc1nc2ncnn2c(NCC2CCCCN2CCn2nc3c(cc2=O)CCC3)c1C. The van der Waals surface area contributed by atoms with E-state index in [-0.39, 0.29) is 5.56 Å². The molecule has 1 unspecified atom stereocenters. The Hall–Kier alpha value is -2.81. The molecule has 1 fully saturated rings. The first kappa shape index (κ1) is 20.1. The van der Waals surface area contributed by atoms with Gasteiger partial charge in [0.1, 0.15) is 12.1 Å². The molecule has 0 radical (unpaired) electrons. The first-order valence-electron chi connectivity index (χ1n) is 11.3. The second-order valence-corrected chi connectivity index (χ2v) is 8.74. The van der Waals surface area contributed by atoms with Gasteiger partial charge in [0.15, 0.2) is 0 Å². The normalized spacial score (nSPS) is 19.1. The van der Waals surface area contributed by atoms with Crippen LogP contribution in [-0.2, 0) is 19.4 Å². The molecule has 164 valence electrons. The van der Waals surface area contributed by atoms with Crippen LogP contribution < -0.4 is 10.9 Å². The van der Waals surface area contributed by atoms with E-state index in [2.05, 4.69) is 37.3 Å². The van der Waals surface area contributed by atoms with E-state index in [0.29, 0.717) is 18.4 Å². The highest BCUT2D eigenvalue weighted by molar-refractivity contribution is 5.51. The van der Waals surface area contributed by atoms with Gasteiger partial charge in [0.2, 0.25) is 0 Å². The van der Waals surface area contributed by atoms with Crippen LogP contribution in [0.1, 0.15) is 48.2 Å². The number of nitrogens with zero attached hydrogens (tertiary/aromatic N) is 7. The molecule has 0 spiro atoms. The summed E-state index contributed by atoms with van der Waals surface area (Å²) in [6, 6.07) is 2.20. The molecule has 4 heterocycles. The van der Waals surface area contributed by atoms with Crippen molar-refractivity contribution in [3.05, 3.63) is 45.3 Å². The van der Waals surface area contributed by atoms with Crippen LogP contribution in [0.25, 0.3) is 5.78 Å². The molecule has 0 aromatic carbocycles. The fraction of sp³-hybridized carbons (Fsp3) is 0.591. The second kappa shape index (κ2) is 8.37. The molecular formula is C22H30N8O. The smallest absolute Gasteiger partial charge is 0.267 e. The number of nitrogens with one attached hydrogen (secondary N) is 1. The van der Waals surface area contributed by atoms with Crippen molar-refractivity contribution in [3.8, 4) is 0 Å². The van der Waals surface area contributed by atoms with Gasteiger partial charge >= 0.3 is 0 Å². The van der Waals surface area contributed by atoms with Gasteiger partial charge < -0.3 is 5.32 Å². The van der Waals surface area contributed by atoms with Crippen LogP contribution in [0.4, 0.5) is 5.82 Å². The van der Waals surface area contributed by atoms with Crippen molar-refractivity contribution in [2.45, 2.75) is 65.0 Å². The Kier molecular flexibility index (Phi) is 5.43. The molecule has 31 heavy (non-hydrogen) atoms. The van der Waals surface area contributed by atoms with Crippen molar-refractivity contribution in [2.24, 2.45) is 0 Å². The van der Waals surface area contributed by atoms with E-state index in [0.717, 1.165) is 73.7 Å². The zero-order valence-corrected chi connectivity index (χ0v) is 18.3. The van der Waals surface area contributed by atoms with Gasteiger partial charge in [0.05, 0.1) is 12.2 Å². The summed E-state index contributed by atoms with van der Waals surface area (Å²) in [6.45, 7) is 7.43. The van der Waals surface area contributed by atoms with Crippen molar-refractivity contribution in [3.63, 3.8) is 0 Å². The van der Waals surface area contributed by atoms with Crippen molar-refractivity contribution in [1.29, 1.82) is 0 Å². The first-order valence-corrected chi connectivity index (χ1v) is 11.3. The quantitative estimate of drug-likeness (QED) is 0.647. The molecule has 2 aliphatic rings. The molecule has 9 nitrogen and oxygen atoms in total. The van der Waals surface area contributed by atoms with Crippen LogP contribution in [0, 0.1) is 13.8 Å². The van der Waals surface area contributed by atoms with Gasteiger partial charge in [-0.25, -0.2) is 9.67 Å². The molecule has 0 saturated carbocycles. The monoisotopic (exact) mass is 422 g/mol. The summed E-state index contributed by atoms with van der Waals surface area (Å²) in [6.07, 6.45) is 8.21. The summed E-state index contributed by atoms with van der Waals surface area (Å²) in [5.41, 5.74) is 4.34. The minimum absolute atomic E-state index is 0.0313. The zero-order valence-electron chi connectivity index (χ0n) is 18.3. The molecule has 1 N–H and O–H groups in total. The predicted molar refractivity (Wildman–Crippen MR) is 118 cm³/mol. The Morgan fingerprint density at radius 3 is 2.97 bits per heavy atom. The largest absolute Gasteiger partial charge is 0.368 e. The average Bonchev–Trinajstić information content (AvgIpc) is 3.42. The van der Waals surface area contributed by atoms with E-state index >= 15 is 0 Å². The lowest BCUT2D eigenvalue weighted by Crippen LogP contribution is -2.46. The molecule has 1 aliphatic heterocycles. The van der Waals surface area contributed by atoms with Gasteiger partial charge in [0.25, 0.3) is 11.3 Å². The molecule has 0 amide bonds. The van der Waals surface area contributed by atoms with Crippen molar-refractivity contribution in [1.82, 2.24) is 34.3 Å². The lowest BCUT2D eigenvalue weighted by molar-refractivity contribution is 0.147. The fourth-order valence-electron chi connectivity index (χ4n) is 4.86. The lowest BCUT2D eigenvalue weighted by atomic mass is 10.0. The van der Waals surface area contributed by atoms with E-state index < -0.39 is 0 Å². The molecule has 1 atom stereocenters. The van der Waals surface area contributed by atoms with Crippen LogP contribution in [0.3, 0.4) is 0 Å². The van der Waals surface area contributed by atoms with Crippen LogP contribution >= 0.6 is 0 Å². The number of anilines is 1. The van der Waals surface area contributed by atoms with E-state index in [1.54, 1.807) is 21.6 Å². The molecule has 1 aliphatic carbocycles. The Morgan fingerprint density at radius 1 is 1.16 bits per heavy atom. The van der Waals surface area contributed by atoms with E-state index in [1.165, 1.54) is 12.8 Å². The van der Waals surface area contributed by atoms with Gasteiger partial charge in [-0.1, -0.05) is 6.42 Å². The van der Waals surface area contributed by atoms with Crippen LogP contribution in [-0.4, -0.2) is 59.9 Å². The highest BCUT2D eigenvalue weighted by atomic mass is 16.1. The maximum absolute atomic E-state index is 12.5. The molecule has 5 rings (SSSR count). The first-order chi connectivity index (χ1) is 15.1. The van der Waals surface area contributed by atoms with Gasteiger partial charge in [-0.15, -0.1) is 0 Å². The standard InChI is InChI=1S/C22H30N8O/c1-15-16(2)26-22-24-14-25-30(22)21(15)23-13-18-7-3-4-9-28(18)10-11-29-20(31)12-17-6-5-8-19(17)27-29/h12,14,18,23H,3-11,13H2,1-2H3. The zero-order chi connectivity index (χ0) is 21.4. The summed E-state index contributed by atoms with van der Waals surface area (Å²) in [5, 5.41) is 12.6. The number of fused-ring (bicyclic) bond motifs is 2. The molecule has 3 aromatic rings. The number of hydrogen-bond acceptors (Lipinski definition) is 7.